The number of hydrogen-bond donors (Lipinski definition) is 3. The van der Waals surface area contributed by atoms with Gasteiger partial charge >= 0.3 is 12.1 Å². The SMILES string of the molecule is C1CCCCC1.CC(C)COC(CO)C(=O)O.Cc1oc(Cc2cccc(C(F)(F)F)c2)nc1CO. The van der Waals surface area contributed by atoms with Crippen molar-refractivity contribution in [2.75, 3.05) is 13.2 Å². The van der Waals surface area contributed by atoms with Gasteiger partial charge < -0.3 is 24.5 Å². The number of hydrogen-bond acceptors (Lipinski definition) is 6. The van der Waals surface area contributed by atoms with Crippen LogP contribution in [0, 0.1) is 12.8 Å². The van der Waals surface area contributed by atoms with E-state index in [1.54, 1.807) is 13.0 Å². The van der Waals surface area contributed by atoms with Gasteiger partial charge in [0.05, 0.1) is 25.4 Å². The summed E-state index contributed by atoms with van der Waals surface area (Å²) >= 11 is 0. The lowest BCUT2D eigenvalue weighted by Gasteiger charge is -2.11. The van der Waals surface area contributed by atoms with E-state index in [2.05, 4.69) is 4.98 Å². The standard InChI is InChI=1S/C13H12F3NO2.C7H14O4.C6H12/c1-8-11(7-18)17-12(19-8)6-9-3-2-4-10(5-9)13(14,15)16;1-5(2)4-11-6(3-8)7(9)10;1-2-4-6-5-3-1/h2-5,18H,6-7H2,1H3;5-6,8H,3-4H2,1-2H3,(H,9,10);1-6H2. The van der Waals surface area contributed by atoms with Gasteiger partial charge in [-0.05, 0) is 24.5 Å². The molecule has 2 aromatic rings. The lowest BCUT2D eigenvalue weighted by molar-refractivity contribution is -0.153. The van der Waals surface area contributed by atoms with Crippen molar-refractivity contribution < 1.29 is 42.4 Å². The minimum atomic E-state index is -4.36. The first kappa shape index (κ1) is 31.6. The minimum Gasteiger partial charge on any atom is -0.479 e. The molecule has 10 heteroatoms. The van der Waals surface area contributed by atoms with Crippen LogP contribution in [0.25, 0.3) is 0 Å². The Bertz CT molecular complexity index is 883. The molecule has 1 unspecified atom stereocenters. The highest BCUT2D eigenvalue weighted by Gasteiger charge is 2.30. The molecule has 3 N–H and O–H groups in total. The Morgan fingerprint density at radius 1 is 1.11 bits per heavy atom. The molecule has 1 fully saturated rings. The van der Waals surface area contributed by atoms with Gasteiger partial charge in [0, 0.05) is 6.42 Å². The van der Waals surface area contributed by atoms with Crippen molar-refractivity contribution in [3.8, 4) is 0 Å². The van der Waals surface area contributed by atoms with E-state index < -0.39 is 30.4 Å². The van der Waals surface area contributed by atoms with Gasteiger partial charge in [0.1, 0.15) is 11.5 Å². The van der Waals surface area contributed by atoms with Crippen molar-refractivity contribution in [1.29, 1.82) is 0 Å². The van der Waals surface area contributed by atoms with E-state index in [4.69, 9.17) is 24.5 Å². The van der Waals surface area contributed by atoms with E-state index in [1.807, 2.05) is 13.8 Å². The summed E-state index contributed by atoms with van der Waals surface area (Å²) in [6.07, 6.45) is 3.72. The second-order valence-corrected chi connectivity index (χ2v) is 9.00. The van der Waals surface area contributed by atoms with Crippen LogP contribution < -0.4 is 0 Å². The molecule has 0 aliphatic heterocycles. The van der Waals surface area contributed by atoms with Crippen LogP contribution in [0.4, 0.5) is 13.2 Å². The summed E-state index contributed by atoms with van der Waals surface area (Å²) in [5.74, 6) is -0.0677. The third kappa shape index (κ3) is 12.5. The molecule has 0 saturated heterocycles. The fourth-order valence-electron chi connectivity index (χ4n) is 3.31. The fraction of sp³-hybridized carbons (Fsp3) is 0.615. The number of aliphatic carboxylic acids is 1. The molecule has 1 aliphatic carbocycles. The van der Waals surface area contributed by atoms with Crippen LogP contribution in [-0.2, 0) is 28.7 Å². The Morgan fingerprint density at radius 3 is 2.11 bits per heavy atom. The molecule has 1 heterocycles. The molecule has 0 spiro atoms. The predicted octanol–water partition coefficient (Wildman–Crippen LogP) is 5.53. The Balaban J connectivity index is 0.000000320. The topological polar surface area (TPSA) is 113 Å². The third-order valence-electron chi connectivity index (χ3n) is 5.27. The molecule has 204 valence electrons. The second kappa shape index (κ2) is 16.3. The number of rotatable bonds is 8. The molecular formula is C26H38F3NO6. The van der Waals surface area contributed by atoms with Gasteiger partial charge in [-0.15, -0.1) is 0 Å². The average molecular weight is 518 g/mol. The normalized spacial score (nSPS) is 14.4. The van der Waals surface area contributed by atoms with Crippen LogP contribution in [0.1, 0.15) is 80.8 Å². The number of aromatic nitrogens is 1. The van der Waals surface area contributed by atoms with Crippen LogP contribution in [0.2, 0.25) is 0 Å². The number of carboxylic acid groups (broad SMARTS) is 1. The zero-order chi connectivity index (χ0) is 27.1. The van der Waals surface area contributed by atoms with Gasteiger partial charge in [0.2, 0.25) is 0 Å². The van der Waals surface area contributed by atoms with Crippen molar-refractivity contribution in [2.45, 2.75) is 84.6 Å². The lowest BCUT2D eigenvalue weighted by Crippen LogP contribution is -2.29. The van der Waals surface area contributed by atoms with Gasteiger partial charge in [-0.1, -0.05) is 70.6 Å². The zero-order valence-electron chi connectivity index (χ0n) is 21.2. The Hall–Kier alpha value is -2.43. The summed E-state index contributed by atoms with van der Waals surface area (Å²) in [5.41, 5.74) is 0.165. The molecule has 1 saturated carbocycles. The summed E-state index contributed by atoms with van der Waals surface area (Å²) in [4.78, 5) is 14.3. The van der Waals surface area contributed by atoms with Crippen LogP contribution in [0.3, 0.4) is 0 Å². The smallest absolute Gasteiger partial charge is 0.416 e. The average Bonchev–Trinajstić information content (AvgIpc) is 3.19. The van der Waals surface area contributed by atoms with E-state index in [0.29, 0.717) is 29.5 Å². The molecule has 0 amide bonds. The first-order valence-corrected chi connectivity index (χ1v) is 12.1. The minimum absolute atomic E-state index is 0.157. The van der Waals surface area contributed by atoms with Crippen LogP contribution >= 0.6 is 0 Å². The summed E-state index contributed by atoms with van der Waals surface area (Å²) in [5, 5.41) is 25.9. The van der Waals surface area contributed by atoms with Gasteiger partial charge in [0.15, 0.2) is 12.0 Å². The fourth-order valence-corrected chi connectivity index (χ4v) is 3.31. The molecule has 1 atom stereocenters. The van der Waals surface area contributed by atoms with E-state index in [-0.39, 0.29) is 18.9 Å². The van der Waals surface area contributed by atoms with Gasteiger partial charge in [-0.25, -0.2) is 9.78 Å². The quantitative estimate of drug-likeness (QED) is 0.422. The molecule has 0 bridgehead atoms. The number of aliphatic hydroxyl groups excluding tert-OH is 2. The molecule has 1 aromatic heterocycles. The van der Waals surface area contributed by atoms with Crippen LogP contribution in [0.15, 0.2) is 28.7 Å². The van der Waals surface area contributed by atoms with Crippen LogP contribution in [0.5, 0.6) is 0 Å². The highest BCUT2D eigenvalue weighted by atomic mass is 19.4. The van der Waals surface area contributed by atoms with E-state index >= 15 is 0 Å². The highest BCUT2D eigenvalue weighted by molar-refractivity contribution is 5.72. The third-order valence-corrected chi connectivity index (χ3v) is 5.27. The lowest BCUT2D eigenvalue weighted by atomic mass is 10.0. The first-order valence-electron chi connectivity index (χ1n) is 12.1. The Morgan fingerprint density at radius 2 is 1.69 bits per heavy atom. The van der Waals surface area contributed by atoms with Crippen molar-refractivity contribution in [1.82, 2.24) is 4.98 Å². The Kier molecular flexibility index (Phi) is 14.3. The van der Waals surface area contributed by atoms with Crippen molar-refractivity contribution in [2.24, 2.45) is 5.92 Å². The number of aliphatic hydroxyl groups is 2. The van der Waals surface area contributed by atoms with Crippen molar-refractivity contribution in [3.63, 3.8) is 0 Å². The maximum absolute atomic E-state index is 12.6. The molecule has 1 aliphatic rings. The number of carboxylic acids is 1. The number of nitrogens with zero attached hydrogens (tertiary/aromatic N) is 1. The molecule has 7 nitrogen and oxygen atoms in total. The molecule has 0 radical (unpaired) electrons. The number of ether oxygens (including phenoxy) is 1. The molecule has 36 heavy (non-hydrogen) atoms. The Labute approximate surface area is 210 Å². The number of benzene rings is 1. The first-order chi connectivity index (χ1) is 17.0. The molecule has 3 rings (SSSR count). The van der Waals surface area contributed by atoms with Crippen molar-refractivity contribution in [3.05, 3.63) is 52.7 Å². The number of alkyl halides is 3. The zero-order valence-corrected chi connectivity index (χ0v) is 21.2. The summed E-state index contributed by atoms with van der Waals surface area (Å²) < 4.78 is 47.8. The monoisotopic (exact) mass is 517 g/mol. The second-order valence-electron chi connectivity index (χ2n) is 9.00. The molecular weight excluding hydrogens is 479 g/mol. The number of halogens is 3. The highest BCUT2D eigenvalue weighted by Crippen LogP contribution is 2.30. The van der Waals surface area contributed by atoms with Gasteiger partial charge in [-0.2, -0.15) is 13.2 Å². The van der Waals surface area contributed by atoms with Gasteiger partial charge in [0.25, 0.3) is 0 Å². The number of oxazole rings is 1. The number of carbonyl (C=O) groups is 1. The maximum Gasteiger partial charge on any atom is 0.416 e. The predicted molar refractivity (Wildman–Crippen MR) is 128 cm³/mol. The summed E-state index contributed by atoms with van der Waals surface area (Å²) in [6, 6.07) is 5.01. The number of aryl methyl sites for hydroxylation is 1. The van der Waals surface area contributed by atoms with E-state index in [9.17, 15) is 18.0 Å². The summed E-state index contributed by atoms with van der Waals surface area (Å²) in [7, 11) is 0. The van der Waals surface area contributed by atoms with E-state index in [0.717, 1.165) is 12.1 Å². The van der Waals surface area contributed by atoms with Crippen LogP contribution in [-0.4, -0.2) is 45.6 Å². The van der Waals surface area contributed by atoms with Gasteiger partial charge in [-0.3, -0.25) is 0 Å². The van der Waals surface area contributed by atoms with E-state index in [1.165, 1.54) is 44.6 Å². The largest absolute Gasteiger partial charge is 0.479 e. The summed E-state index contributed by atoms with van der Waals surface area (Å²) in [6.45, 7) is 5.11. The maximum atomic E-state index is 12.6. The van der Waals surface area contributed by atoms with Crippen molar-refractivity contribution >= 4 is 5.97 Å². The molecule has 1 aromatic carbocycles.